The molecule has 5 heteroatoms. The number of rotatable bonds is 4. The summed E-state index contributed by atoms with van der Waals surface area (Å²) in [7, 11) is 1.94. The number of hydrogen-bond donors (Lipinski definition) is 1. The first-order chi connectivity index (χ1) is 9.58. The lowest BCUT2D eigenvalue weighted by Crippen LogP contribution is -2.23. The zero-order chi connectivity index (χ0) is 15.0. The first-order valence-electron chi connectivity index (χ1n) is 6.51. The third kappa shape index (κ3) is 4.76. The van der Waals surface area contributed by atoms with Gasteiger partial charge in [0.05, 0.1) is 6.61 Å². The van der Waals surface area contributed by atoms with Crippen LogP contribution in [0.2, 0.25) is 0 Å². The Morgan fingerprint density at radius 2 is 2.05 bits per heavy atom. The van der Waals surface area contributed by atoms with Crippen molar-refractivity contribution < 1.29 is 9.53 Å². The van der Waals surface area contributed by atoms with Crippen LogP contribution in [0.3, 0.4) is 0 Å². The summed E-state index contributed by atoms with van der Waals surface area (Å²) in [6.07, 6.45) is 3.19. The van der Waals surface area contributed by atoms with E-state index in [1.54, 1.807) is 13.1 Å². The van der Waals surface area contributed by atoms with Gasteiger partial charge in [0.1, 0.15) is 5.84 Å². The van der Waals surface area contributed by atoms with Crippen LogP contribution in [0, 0.1) is 0 Å². The van der Waals surface area contributed by atoms with Gasteiger partial charge in [-0.2, -0.15) is 0 Å². The Balaban J connectivity index is 2.73. The maximum absolute atomic E-state index is 11.3. The smallest absolute Gasteiger partial charge is 0.411 e. The van der Waals surface area contributed by atoms with Gasteiger partial charge in [-0.25, -0.2) is 9.79 Å². The number of amidine groups is 1. The number of benzene rings is 1. The first-order valence-corrected chi connectivity index (χ1v) is 6.51. The number of anilines is 2. The van der Waals surface area contributed by atoms with E-state index in [0.717, 1.165) is 11.5 Å². The topological polar surface area (TPSA) is 53.9 Å². The summed E-state index contributed by atoms with van der Waals surface area (Å²) in [4.78, 5) is 17.5. The van der Waals surface area contributed by atoms with Crippen molar-refractivity contribution in [1.82, 2.24) is 0 Å². The second kappa shape index (κ2) is 7.99. The lowest BCUT2D eigenvalue weighted by Gasteiger charge is -2.18. The van der Waals surface area contributed by atoms with Gasteiger partial charge < -0.3 is 9.64 Å². The molecule has 1 rings (SSSR count). The molecule has 1 amide bonds. The van der Waals surface area contributed by atoms with E-state index in [4.69, 9.17) is 4.74 Å². The minimum Gasteiger partial charge on any atom is -0.450 e. The van der Waals surface area contributed by atoms with Crippen molar-refractivity contribution in [2.24, 2.45) is 4.99 Å². The average Bonchev–Trinajstić information content (AvgIpc) is 2.45. The third-order valence-electron chi connectivity index (χ3n) is 2.67. The van der Waals surface area contributed by atoms with Crippen molar-refractivity contribution in [1.29, 1.82) is 0 Å². The number of allylic oxidation sites excluding steroid dienone is 1. The van der Waals surface area contributed by atoms with Crippen LogP contribution in [0.5, 0.6) is 0 Å². The van der Waals surface area contributed by atoms with E-state index in [2.05, 4.69) is 10.3 Å². The Morgan fingerprint density at radius 1 is 1.40 bits per heavy atom. The molecule has 5 nitrogen and oxygen atoms in total. The van der Waals surface area contributed by atoms with Crippen molar-refractivity contribution in [3.63, 3.8) is 0 Å². The van der Waals surface area contributed by atoms with Crippen LogP contribution in [0.4, 0.5) is 16.2 Å². The molecule has 1 aromatic carbocycles. The molecule has 0 aromatic heterocycles. The highest BCUT2D eigenvalue weighted by molar-refractivity contribution is 5.96. The molecule has 108 valence electrons. The molecular weight excluding hydrogens is 254 g/mol. The largest absolute Gasteiger partial charge is 0.450 e. The second-order valence-electron chi connectivity index (χ2n) is 4.11. The molecule has 1 aromatic rings. The molecule has 0 aliphatic heterocycles. The van der Waals surface area contributed by atoms with Gasteiger partial charge in [0.15, 0.2) is 0 Å². The summed E-state index contributed by atoms with van der Waals surface area (Å²) in [6, 6.07) is 7.48. The highest BCUT2D eigenvalue weighted by Crippen LogP contribution is 2.17. The predicted octanol–water partition coefficient (Wildman–Crippen LogP) is 3.64. The van der Waals surface area contributed by atoms with Gasteiger partial charge in [-0.15, -0.1) is 0 Å². The SMILES string of the molecule is CC=CN=C(C)N(C)c1ccc(NC(=O)OCC)cc1. The molecule has 0 saturated heterocycles. The van der Waals surface area contributed by atoms with E-state index in [1.807, 2.05) is 56.1 Å². The quantitative estimate of drug-likeness (QED) is 0.674. The Kier molecular flexibility index (Phi) is 6.29. The van der Waals surface area contributed by atoms with Crippen LogP contribution < -0.4 is 10.2 Å². The number of hydrogen-bond acceptors (Lipinski definition) is 3. The number of aliphatic imine (C=N–C) groups is 1. The van der Waals surface area contributed by atoms with E-state index in [-0.39, 0.29) is 0 Å². The monoisotopic (exact) mass is 275 g/mol. The van der Waals surface area contributed by atoms with Gasteiger partial charge in [-0.1, -0.05) is 6.08 Å². The first kappa shape index (κ1) is 15.8. The predicted molar refractivity (Wildman–Crippen MR) is 83.4 cm³/mol. The Morgan fingerprint density at radius 3 is 2.60 bits per heavy atom. The van der Waals surface area contributed by atoms with Crippen molar-refractivity contribution in [3.8, 4) is 0 Å². The number of amides is 1. The molecule has 0 aliphatic carbocycles. The van der Waals surface area contributed by atoms with Crippen molar-refractivity contribution >= 4 is 23.3 Å². The Hall–Kier alpha value is -2.30. The van der Waals surface area contributed by atoms with E-state index < -0.39 is 6.09 Å². The number of carbonyl (C=O) groups excluding carboxylic acids is 1. The number of carbonyl (C=O) groups is 1. The lowest BCUT2D eigenvalue weighted by atomic mass is 10.2. The fourth-order valence-corrected chi connectivity index (χ4v) is 1.51. The van der Waals surface area contributed by atoms with E-state index in [0.29, 0.717) is 12.3 Å². The van der Waals surface area contributed by atoms with Crippen LogP contribution in [-0.2, 0) is 4.74 Å². The molecule has 0 radical (unpaired) electrons. The van der Waals surface area contributed by atoms with Gasteiger partial charge in [0.25, 0.3) is 0 Å². The molecule has 0 aliphatic rings. The van der Waals surface area contributed by atoms with Crippen molar-refractivity contribution in [3.05, 3.63) is 36.5 Å². The van der Waals surface area contributed by atoms with Gasteiger partial charge in [0, 0.05) is 24.6 Å². The van der Waals surface area contributed by atoms with Crippen molar-refractivity contribution in [2.45, 2.75) is 20.8 Å². The highest BCUT2D eigenvalue weighted by atomic mass is 16.5. The molecule has 1 N–H and O–H groups in total. The van der Waals surface area contributed by atoms with Crippen molar-refractivity contribution in [2.75, 3.05) is 23.9 Å². The molecule has 0 fully saturated rings. The number of nitrogens with one attached hydrogen (secondary N) is 1. The number of ether oxygens (including phenoxy) is 1. The number of nitrogens with zero attached hydrogens (tertiary/aromatic N) is 2. The third-order valence-corrected chi connectivity index (χ3v) is 2.67. The van der Waals surface area contributed by atoms with Crippen LogP contribution >= 0.6 is 0 Å². The fraction of sp³-hybridized carbons (Fsp3) is 0.333. The standard InChI is InChI=1S/C15H21N3O2/c1-5-11-16-12(3)18(4)14-9-7-13(8-10-14)17-15(19)20-6-2/h5,7-11H,6H2,1-4H3,(H,17,19). The normalized spacial score (nSPS) is 11.5. The van der Waals surface area contributed by atoms with Crippen LogP contribution in [0.1, 0.15) is 20.8 Å². The summed E-state index contributed by atoms with van der Waals surface area (Å²) >= 11 is 0. The maximum Gasteiger partial charge on any atom is 0.411 e. The van der Waals surface area contributed by atoms with Gasteiger partial charge >= 0.3 is 6.09 Å². The zero-order valence-corrected chi connectivity index (χ0v) is 12.4. The fourth-order valence-electron chi connectivity index (χ4n) is 1.51. The van der Waals surface area contributed by atoms with Crippen LogP contribution in [0.25, 0.3) is 0 Å². The average molecular weight is 275 g/mol. The Labute approximate surface area is 120 Å². The maximum atomic E-state index is 11.3. The molecule has 0 saturated carbocycles. The van der Waals surface area contributed by atoms with Gasteiger partial charge in [0.2, 0.25) is 0 Å². The molecule has 0 spiro atoms. The molecule has 0 heterocycles. The summed E-state index contributed by atoms with van der Waals surface area (Å²) in [6.45, 7) is 5.98. The minimum absolute atomic E-state index is 0.354. The Bertz CT molecular complexity index is 492. The summed E-state index contributed by atoms with van der Waals surface area (Å²) in [5, 5.41) is 2.65. The molecule has 20 heavy (non-hydrogen) atoms. The molecule has 0 bridgehead atoms. The minimum atomic E-state index is -0.445. The highest BCUT2D eigenvalue weighted by Gasteiger charge is 2.05. The van der Waals surface area contributed by atoms with E-state index in [1.165, 1.54) is 0 Å². The second-order valence-corrected chi connectivity index (χ2v) is 4.11. The van der Waals surface area contributed by atoms with Gasteiger partial charge in [-0.05, 0) is 45.0 Å². The van der Waals surface area contributed by atoms with Crippen LogP contribution in [0.15, 0.2) is 41.5 Å². The zero-order valence-electron chi connectivity index (χ0n) is 12.4. The van der Waals surface area contributed by atoms with Gasteiger partial charge in [-0.3, -0.25) is 5.32 Å². The molecular formula is C15H21N3O2. The summed E-state index contributed by atoms with van der Waals surface area (Å²) in [5.41, 5.74) is 1.69. The summed E-state index contributed by atoms with van der Waals surface area (Å²) in [5.74, 6) is 0.884. The van der Waals surface area contributed by atoms with Crippen LogP contribution in [-0.4, -0.2) is 25.6 Å². The molecule has 0 unspecified atom stereocenters. The van der Waals surface area contributed by atoms with E-state index in [9.17, 15) is 4.79 Å². The van der Waals surface area contributed by atoms with E-state index >= 15 is 0 Å². The summed E-state index contributed by atoms with van der Waals surface area (Å²) < 4.78 is 4.82. The lowest BCUT2D eigenvalue weighted by molar-refractivity contribution is 0.168. The molecule has 0 atom stereocenters.